The Labute approximate surface area is 116 Å². The smallest absolute Gasteiger partial charge is 0.257 e. The van der Waals surface area contributed by atoms with E-state index in [4.69, 9.17) is 0 Å². The lowest BCUT2D eigenvalue weighted by Crippen LogP contribution is -2.47. The summed E-state index contributed by atoms with van der Waals surface area (Å²) in [6.45, 7) is 8.01. The Morgan fingerprint density at radius 2 is 2.21 bits per heavy atom. The molecule has 1 aliphatic rings. The molecule has 1 atom stereocenters. The molecule has 2 rings (SSSR count). The minimum Gasteiger partial charge on any atom is -0.351 e. The van der Waals surface area contributed by atoms with Gasteiger partial charge in [-0.2, -0.15) is 0 Å². The van der Waals surface area contributed by atoms with Gasteiger partial charge < -0.3 is 5.32 Å². The van der Waals surface area contributed by atoms with E-state index in [1.807, 2.05) is 20.8 Å². The SMILES string of the molecule is Cc1cnc2n(c1=O)CC(C(=O)NC(C)(C)C)CS2. The number of hydrogen-bond acceptors (Lipinski definition) is 4. The normalized spacial score (nSPS) is 18.8. The third-order valence-corrected chi connectivity index (χ3v) is 4.02. The molecule has 2 heterocycles. The number of thioether (sulfide) groups is 1. The summed E-state index contributed by atoms with van der Waals surface area (Å²) >= 11 is 1.47. The quantitative estimate of drug-likeness (QED) is 0.785. The van der Waals surface area contributed by atoms with Crippen LogP contribution in [-0.4, -0.2) is 26.8 Å². The summed E-state index contributed by atoms with van der Waals surface area (Å²) in [6.07, 6.45) is 1.59. The van der Waals surface area contributed by atoms with Crippen molar-refractivity contribution in [2.75, 3.05) is 5.75 Å². The average molecular weight is 281 g/mol. The van der Waals surface area contributed by atoms with E-state index in [0.29, 0.717) is 23.0 Å². The molecule has 1 amide bonds. The first-order valence-electron chi connectivity index (χ1n) is 6.29. The van der Waals surface area contributed by atoms with Gasteiger partial charge in [-0.05, 0) is 27.7 Å². The molecule has 19 heavy (non-hydrogen) atoms. The van der Waals surface area contributed by atoms with Crippen LogP contribution in [0.15, 0.2) is 16.1 Å². The second-order valence-electron chi connectivity index (χ2n) is 5.89. The van der Waals surface area contributed by atoms with Crippen molar-refractivity contribution >= 4 is 17.7 Å². The summed E-state index contributed by atoms with van der Waals surface area (Å²) in [7, 11) is 0. The minimum atomic E-state index is -0.252. The topological polar surface area (TPSA) is 64.0 Å². The number of fused-ring (bicyclic) bond motifs is 1. The number of rotatable bonds is 1. The van der Waals surface area contributed by atoms with E-state index in [1.54, 1.807) is 17.7 Å². The molecule has 6 heteroatoms. The third-order valence-electron chi connectivity index (χ3n) is 2.87. The molecule has 0 aromatic carbocycles. The molecule has 5 nitrogen and oxygen atoms in total. The van der Waals surface area contributed by atoms with Gasteiger partial charge in [0.25, 0.3) is 5.56 Å². The fourth-order valence-electron chi connectivity index (χ4n) is 1.93. The molecule has 0 spiro atoms. The van der Waals surface area contributed by atoms with Crippen molar-refractivity contribution in [3.05, 3.63) is 22.1 Å². The fraction of sp³-hybridized carbons (Fsp3) is 0.615. The van der Waals surface area contributed by atoms with Gasteiger partial charge in [0.2, 0.25) is 5.91 Å². The molecule has 1 aromatic rings. The van der Waals surface area contributed by atoms with E-state index < -0.39 is 0 Å². The lowest BCUT2D eigenvalue weighted by atomic mass is 10.1. The molecule has 1 unspecified atom stereocenters. The predicted octanol–water partition coefficient (Wildman–Crippen LogP) is 1.19. The highest BCUT2D eigenvalue weighted by Crippen LogP contribution is 2.25. The zero-order chi connectivity index (χ0) is 14.2. The van der Waals surface area contributed by atoms with Crippen molar-refractivity contribution in [3.63, 3.8) is 0 Å². The molecule has 0 saturated heterocycles. The maximum Gasteiger partial charge on any atom is 0.257 e. The molecule has 1 aliphatic heterocycles. The summed E-state index contributed by atoms with van der Waals surface area (Å²) < 4.78 is 1.61. The van der Waals surface area contributed by atoms with Crippen LogP contribution in [0.5, 0.6) is 0 Å². The van der Waals surface area contributed by atoms with Crippen LogP contribution < -0.4 is 10.9 Å². The number of hydrogen-bond donors (Lipinski definition) is 1. The summed E-state index contributed by atoms with van der Waals surface area (Å²) in [5.74, 6) is 0.481. The van der Waals surface area contributed by atoms with Gasteiger partial charge in [-0.3, -0.25) is 14.2 Å². The Kier molecular flexibility index (Phi) is 3.71. The molecule has 1 aromatic heterocycles. The highest BCUT2D eigenvalue weighted by molar-refractivity contribution is 7.99. The Balaban J connectivity index is 2.20. The summed E-state index contributed by atoms with van der Waals surface area (Å²) in [4.78, 5) is 28.4. The number of nitrogens with one attached hydrogen (secondary N) is 1. The Morgan fingerprint density at radius 3 is 2.84 bits per heavy atom. The molecule has 1 N–H and O–H groups in total. The first-order valence-corrected chi connectivity index (χ1v) is 7.28. The van der Waals surface area contributed by atoms with Crippen molar-refractivity contribution in [1.29, 1.82) is 0 Å². The summed E-state index contributed by atoms with van der Waals surface area (Å²) in [5.41, 5.74) is 0.310. The minimum absolute atomic E-state index is 0.000874. The second-order valence-corrected chi connectivity index (χ2v) is 6.87. The van der Waals surface area contributed by atoms with Gasteiger partial charge in [-0.25, -0.2) is 4.98 Å². The Hall–Kier alpha value is -1.30. The molecular formula is C13H19N3O2S. The number of amides is 1. The lowest BCUT2D eigenvalue weighted by molar-refractivity contribution is -0.126. The van der Waals surface area contributed by atoms with E-state index in [-0.39, 0.29) is 22.9 Å². The monoisotopic (exact) mass is 281 g/mol. The van der Waals surface area contributed by atoms with Crippen LogP contribution in [0.1, 0.15) is 26.3 Å². The predicted molar refractivity (Wildman–Crippen MR) is 75.3 cm³/mol. The molecule has 0 radical (unpaired) electrons. The maximum absolute atomic E-state index is 12.2. The van der Waals surface area contributed by atoms with Crippen LogP contribution in [-0.2, 0) is 11.3 Å². The number of carbonyl (C=O) groups is 1. The number of aromatic nitrogens is 2. The third kappa shape index (κ3) is 3.18. The summed E-state index contributed by atoms with van der Waals surface area (Å²) in [6, 6.07) is 0. The van der Waals surface area contributed by atoms with E-state index in [9.17, 15) is 9.59 Å². The number of aryl methyl sites for hydroxylation is 1. The van der Waals surface area contributed by atoms with Crippen molar-refractivity contribution in [3.8, 4) is 0 Å². The second kappa shape index (κ2) is 5.00. The number of carbonyl (C=O) groups excluding carboxylic acids is 1. The standard InChI is InChI=1S/C13H19N3O2S/c1-8-5-14-12-16(11(8)18)6-9(7-19-12)10(17)15-13(2,3)4/h5,9H,6-7H2,1-4H3,(H,15,17). The average Bonchev–Trinajstić information content (AvgIpc) is 2.31. The van der Waals surface area contributed by atoms with Crippen LogP contribution in [0, 0.1) is 12.8 Å². The molecule has 0 aliphatic carbocycles. The Bertz CT molecular complexity index is 560. The Morgan fingerprint density at radius 1 is 1.53 bits per heavy atom. The van der Waals surface area contributed by atoms with Crippen LogP contribution >= 0.6 is 11.8 Å². The van der Waals surface area contributed by atoms with Gasteiger partial charge in [0, 0.05) is 29.6 Å². The van der Waals surface area contributed by atoms with Crippen LogP contribution in [0.25, 0.3) is 0 Å². The molecule has 104 valence electrons. The van der Waals surface area contributed by atoms with Gasteiger partial charge in [-0.15, -0.1) is 0 Å². The highest BCUT2D eigenvalue weighted by atomic mass is 32.2. The van der Waals surface area contributed by atoms with Crippen molar-refractivity contribution in [2.24, 2.45) is 5.92 Å². The summed E-state index contributed by atoms with van der Waals surface area (Å²) in [5, 5.41) is 3.67. The molecule has 0 bridgehead atoms. The fourth-order valence-corrected chi connectivity index (χ4v) is 2.98. The van der Waals surface area contributed by atoms with Crippen LogP contribution in [0.3, 0.4) is 0 Å². The van der Waals surface area contributed by atoms with Crippen LogP contribution in [0.4, 0.5) is 0 Å². The van der Waals surface area contributed by atoms with Gasteiger partial charge in [0.05, 0.1) is 5.92 Å². The van der Waals surface area contributed by atoms with Crippen molar-refractivity contribution in [1.82, 2.24) is 14.9 Å². The first-order chi connectivity index (χ1) is 8.78. The van der Waals surface area contributed by atoms with Gasteiger partial charge in [0.1, 0.15) is 0 Å². The largest absolute Gasteiger partial charge is 0.351 e. The number of nitrogens with zero attached hydrogens (tertiary/aromatic N) is 2. The van der Waals surface area contributed by atoms with E-state index in [2.05, 4.69) is 10.3 Å². The maximum atomic E-state index is 12.2. The van der Waals surface area contributed by atoms with Crippen molar-refractivity contribution in [2.45, 2.75) is 44.9 Å². The molecular weight excluding hydrogens is 262 g/mol. The molecule has 0 saturated carbocycles. The molecule has 0 fully saturated rings. The lowest BCUT2D eigenvalue weighted by Gasteiger charge is -2.28. The first kappa shape index (κ1) is 14.1. The highest BCUT2D eigenvalue weighted by Gasteiger charge is 2.28. The van der Waals surface area contributed by atoms with Gasteiger partial charge in [-0.1, -0.05) is 11.8 Å². The zero-order valence-corrected chi connectivity index (χ0v) is 12.5. The van der Waals surface area contributed by atoms with Gasteiger partial charge >= 0.3 is 0 Å². The zero-order valence-electron chi connectivity index (χ0n) is 11.7. The van der Waals surface area contributed by atoms with E-state index >= 15 is 0 Å². The van der Waals surface area contributed by atoms with E-state index in [1.165, 1.54) is 11.8 Å². The van der Waals surface area contributed by atoms with Gasteiger partial charge in [0.15, 0.2) is 5.16 Å². The van der Waals surface area contributed by atoms with Crippen LogP contribution in [0.2, 0.25) is 0 Å². The van der Waals surface area contributed by atoms with E-state index in [0.717, 1.165) is 0 Å². The van der Waals surface area contributed by atoms with Crippen molar-refractivity contribution < 1.29 is 4.79 Å².